The summed E-state index contributed by atoms with van der Waals surface area (Å²) in [6.45, 7) is 1.61. The number of carbonyl (C=O) groups excluding carboxylic acids is 2. The molecule has 6 heteroatoms. The van der Waals surface area contributed by atoms with Gasteiger partial charge in [-0.25, -0.2) is 4.39 Å². The normalized spacial score (nSPS) is 15.7. The van der Waals surface area contributed by atoms with Crippen molar-refractivity contribution in [2.24, 2.45) is 5.92 Å². The van der Waals surface area contributed by atoms with Crippen molar-refractivity contribution in [1.82, 2.24) is 10.2 Å². The van der Waals surface area contributed by atoms with E-state index < -0.39 is 0 Å². The standard InChI is InChI=1S/C27H27FN2O2S/c28-22-9-4-18(5-10-22)16-29-27(32)21-12-14-30(15-13-21)25(31)17-33-24-11-8-20-7-6-19-2-1-3-23(24)26(19)20/h1-5,8-11,21H,6-7,12-17H2,(H,29,32). The van der Waals surface area contributed by atoms with Crippen molar-refractivity contribution in [3.8, 4) is 0 Å². The Hall–Kier alpha value is -2.86. The van der Waals surface area contributed by atoms with Crippen LogP contribution in [0.5, 0.6) is 0 Å². The third-order valence-electron chi connectivity index (χ3n) is 6.79. The summed E-state index contributed by atoms with van der Waals surface area (Å²) in [5.74, 6) is 0.190. The number of piperidine rings is 1. The fourth-order valence-electron chi connectivity index (χ4n) is 4.90. The average molecular weight is 463 g/mol. The number of nitrogens with one attached hydrogen (secondary N) is 1. The van der Waals surface area contributed by atoms with Crippen LogP contribution in [0.4, 0.5) is 4.39 Å². The van der Waals surface area contributed by atoms with E-state index in [-0.39, 0.29) is 23.5 Å². The number of aryl methyl sites for hydroxylation is 2. The first kappa shape index (κ1) is 22.0. The summed E-state index contributed by atoms with van der Waals surface area (Å²) < 4.78 is 13.0. The highest BCUT2D eigenvalue weighted by atomic mass is 32.2. The van der Waals surface area contributed by atoms with Crippen LogP contribution in [0.15, 0.2) is 59.5 Å². The Bertz CT molecular complexity index is 1180. The van der Waals surface area contributed by atoms with Crippen LogP contribution in [0, 0.1) is 11.7 Å². The Morgan fingerprint density at radius 1 is 0.970 bits per heavy atom. The summed E-state index contributed by atoms with van der Waals surface area (Å²) in [5, 5.41) is 5.58. The fourth-order valence-corrected chi connectivity index (χ4v) is 5.85. The van der Waals surface area contributed by atoms with Crippen LogP contribution in [0.3, 0.4) is 0 Å². The highest BCUT2D eigenvalue weighted by Crippen LogP contribution is 2.36. The Morgan fingerprint density at radius 2 is 1.70 bits per heavy atom. The highest BCUT2D eigenvalue weighted by Gasteiger charge is 2.27. The molecule has 0 unspecified atom stereocenters. The van der Waals surface area contributed by atoms with E-state index in [0.29, 0.717) is 38.2 Å². The molecule has 3 aromatic carbocycles. The maximum atomic E-state index is 13.0. The van der Waals surface area contributed by atoms with Crippen LogP contribution < -0.4 is 5.32 Å². The second-order valence-electron chi connectivity index (χ2n) is 8.85. The summed E-state index contributed by atoms with van der Waals surface area (Å²) >= 11 is 1.61. The zero-order chi connectivity index (χ0) is 22.8. The molecule has 1 N–H and O–H groups in total. The molecule has 0 bridgehead atoms. The zero-order valence-electron chi connectivity index (χ0n) is 18.5. The van der Waals surface area contributed by atoms with Crippen molar-refractivity contribution >= 4 is 34.3 Å². The lowest BCUT2D eigenvalue weighted by Gasteiger charge is -2.31. The molecule has 0 saturated carbocycles. The number of likely N-dealkylation sites (tertiary alicyclic amines) is 1. The smallest absolute Gasteiger partial charge is 0.232 e. The van der Waals surface area contributed by atoms with E-state index in [2.05, 4.69) is 35.6 Å². The van der Waals surface area contributed by atoms with Gasteiger partial charge < -0.3 is 10.2 Å². The monoisotopic (exact) mass is 462 g/mol. The molecule has 0 radical (unpaired) electrons. The number of halogens is 1. The van der Waals surface area contributed by atoms with Crippen molar-refractivity contribution in [3.63, 3.8) is 0 Å². The summed E-state index contributed by atoms with van der Waals surface area (Å²) in [7, 11) is 0. The fraction of sp³-hybridized carbons (Fsp3) is 0.333. The quantitative estimate of drug-likeness (QED) is 0.539. The number of nitrogens with zero attached hydrogens (tertiary/aromatic N) is 1. The minimum atomic E-state index is -0.283. The summed E-state index contributed by atoms with van der Waals surface area (Å²) in [6.07, 6.45) is 3.55. The van der Waals surface area contributed by atoms with Crippen LogP contribution >= 0.6 is 11.8 Å². The summed E-state index contributed by atoms with van der Waals surface area (Å²) in [6, 6.07) is 17.0. The number of rotatable bonds is 6. The molecule has 2 amide bonds. The lowest BCUT2D eigenvalue weighted by atomic mass is 9.96. The van der Waals surface area contributed by atoms with E-state index in [1.807, 2.05) is 4.90 Å². The van der Waals surface area contributed by atoms with Crippen LogP contribution in [-0.2, 0) is 29.0 Å². The molecule has 1 heterocycles. The van der Waals surface area contributed by atoms with Crippen LogP contribution in [0.2, 0.25) is 0 Å². The van der Waals surface area contributed by atoms with Gasteiger partial charge in [-0.1, -0.05) is 36.4 Å². The molecule has 0 aromatic heterocycles. The molecule has 4 nitrogen and oxygen atoms in total. The van der Waals surface area contributed by atoms with Crippen molar-refractivity contribution in [1.29, 1.82) is 0 Å². The predicted molar refractivity (Wildman–Crippen MR) is 130 cm³/mol. The Labute approximate surface area is 197 Å². The van der Waals surface area contributed by atoms with Gasteiger partial charge in [-0.05, 0) is 71.3 Å². The summed E-state index contributed by atoms with van der Waals surface area (Å²) in [4.78, 5) is 28.4. The Kier molecular flexibility index (Phi) is 6.36. The molecular weight excluding hydrogens is 435 g/mol. The van der Waals surface area contributed by atoms with Gasteiger partial charge >= 0.3 is 0 Å². The second-order valence-corrected chi connectivity index (χ2v) is 9.87. The van der Waals surface area contributed by atoms with Gasteiger partial charge in [0.1, 0.15) is 5.82 Å². The Morgan fingerprint density at radius 3 is 2.45 bits per heavy atom. The molecule has 33 heavy (non-hydrogen) atoms. The third-order valence-corrected chi connectivity index (χ3v) is 7.84. The van der Waals surface area contributed by atoms with Gasteiger partial charge in [0.05, 0.1) is 5.75 Å². The van der Waals surface area contributed by atoms with Crippen molar-refractivity contribution < 1.29 is 14.0 Å². The molecule has 1 aliphatic carbocycles. The molecule has 0 atom stereocenters. The van der Waals surface area contributed by atoms with Gasteiger partial charge in [-0.3, -0.25) is 9.59 Å². The molecule has 2 aliphatic rings. The van der Waals surface area contributed by atoms with E-state index in [1.165, 1.54) is 38.9 Å². The molecular formula is C27H27FN2O2S. The molecule has 5 rings (SSSR count). The van der Waals surface area contributed by atoms with Crippen molar-refractivity contribution in [3.05, 3.63) is 77.1 Å². The van der Waals surface area contributed by atoms with Gasteiger partial charge in [-0.15, -0.1) is 11.8 Å². The Balaban J connectivity index is 1.11. The number of benzene rings is 3. The first-order valence-corrected chi connectivity index (χ1v) is 12.5. The van der Waals surface area contributed by atoms with E-state index >= 15 is 0 Å². The second kappa shape index (κ2) is 9.56. The number of hydrogen-bond donors (Lipinski definition) is 1. The maximum absolute atomic E-state index is 13.0. The van der Waals surface area contributed by atoms with Gasteiger partial charge in [-0.2, -0.15) is 0 Å². The largest absolute Gasteiger partial charge is 0.352 e. The molecule has 3 aromatic rings. The molecule has 0 spiro atoms. The SMILES string of the molecule is O=C(NCc1ccc(F)cc1)C1CCN(C(=O)CSc2ccc3c4c(cccc24)CC3)CC1. The first-order chi connectivity index (χ1) is 16.1. The topological polar surface area (TPSA) is 49.4 Å². The average Bonchev–Trinajstić information content (AvgIpc) is 3.28. The van der Waals surface area contributed by atoms with Gasteiger partial charge in [0, 0.05) is 30.4 Å². The van der Waals surface area contributed by atoms with E-state index in [4.69, 9.17) is 0 Å². The number of amides is 2. The van der Waals surface area contributed by atoms with E-state index in [0.717, 1.165) is 18.4 Å². The lowest BCUT2D eigenvalue weighted by Crippen LogP contribution is -2.43. The van der Waals surface area contributed by atoms with E-state index in [9.17, 15) is 14.0 Å². The van der Waals surface area contributed by atoms with Crippen LogP contribution in [0.25, 0.3) is 10.8 Å². The van der Waals surface area contributed by atoms with Gasteiger partial charge in [0.25, 0.3) is 0 Å². The number of hydrogen-bond acceptors (Lipinski definition) is 3. The highest BCUT2D eigenvalue weighted by molar-refractivity contribution is 8.00. The first-order valence-electron chi connectivity index (χ1n) is 11.5. The van der Waals surface area contributed by atoms with Crippen LogP contribution in [0.1, 0.15) is 29.5 Å². The molecule has 1 fully saturated rings. The van der Waals surface area contributed by atoms with Crippen molar-refractivity contribution in [2.75, 3.05) is 18.8 Å². The third kappa shape index (κ3) is 4.76. The minimum Gasteiger partial charge on any atom is -0.352 e. The van der Waals surface area contributed by atoms with Gasteiger partial charge in [0.15, 0.2) is 0 Å². The molecule has 170 valence electrons. The van der Waals surface area contributed by atoms with E-state index in [1.54, 1.807) is 23.9 Å². The molecule has 1 saturated heterocycles. The zero-order valence-corrected chi connectivity index (χ0v) is 19.3. The van der Waals surface area contributed by atoms with Crippen molar-refractivity contribution in [2.45, 2.75) is 37.1 Å². The minimum absolute atomic E-state index is 0.00804. The maximum Gasteiger partial charge on any atom is 0.232 e. The lowest BCUT2D eigenvalue weighted by molar-refractivity contribution is -0.133. The molecule has 1 aliphatic heterocycles. The van der Waals surface area contributed by atoms with Crippen LogP contribution in [-0.4, -0.2) is 35.6 Å². The number of carbonyl (C=O) groups is 2. The number of thioether (sulfide) groups is 1. The van der Waals surface area contributed by atoms with Gasteiger partial charge in [0.2, 0.25) is 11.8 Å². The predicted octanol–water partition coefficient (Wildman–Crippen LogP) is 4.72. The summed E-state index contributed by atoms with van der Waals surface area (Å²) in [5.41, 5.74) is 3.70.